The van der Waals surface area contributed by atoms with Crippen molar-refractivity contribution >= 4 is 17.7 Å². The third-order valence-corrected chi connectivity index (χ3v) is 5.75. The summed E-state index contributed by atoms with van der Waals surface area (Å²) in [6.45, 7) is 18.1. The highest BCUT2D eigenvalue weighted by atomic mass is 16.6. The van der Waals surface area contributed by atoms with Crippen LogP contribution in [0.2, 0.25) is 0 Å². The SMILES string of the molecule is CC(C)(C)OC(=O)[C@H]1C(=O)C[C@@](C)(O)[C@H](C(=O)OC(C)(C)C)[C@@H]1c1ccc(C(C)(C)C)cc1. The van der Waals surface area contributed by atoms with Crippen molar-refractivity contribution in [1.29, 1.82) is 0 Å². The summed E-state index contributed by atoms with van der Waals surface area (Å²) in [6, 6.07) is 7.52. The zero-order valence-electron chi connectivity index (χ0n) is 21.7. The van der Waals surface area contributed by atoms with Gasteiger partial charge in [0, 0.05) is 12.3 Å². The number of carbonyl (C=O) groups is 3. The molecule has 6 nitrogen and oxygen atoms in total. The minimum absolute atomic E-state index is 0.0957. The maximum atomic E-state index is 13.4. The van der Waals surface area contributed by atoms with Gasteiger partial charge >= 0.3 is 11.9 Å². The fraction of sp³-hybridized carbons (Fsp3) is 0.667. The molecule has 1 aliphatic rings. The second-order valence-electron chi connectivity index (χ2n) is 12.4. The molecule has 184 valence electrons. The Morgan fingerprint density at radius 2 is 1.33 bits per heavy atom. The first-order chi connectivity index (χ1) is 14.7. The van der Waals surface area contributed by atoms with Crippen LogP contribution in [0.3, 0.4) is 0 Å². The van der Waals surface area contributed by atoms with E-state index in [-0.39, 0.29) is 11.8 Å². The fourth-order valence-corrected chi connectivity index (χ4v) is 4.35. The molecule has 2 rings (SSSR count). The number of hydrogen-bond acceptors (Lipinski definition) is 6. The number of carbonyl (C=O) groups excluding carboxylic acids is 3. The Kier molecular flexibility index (Phi) is 7.26. The number of ketones is 1. The zero-order chi connectivity index (χ0) is 25.6. The van der Waals surface area contributed by atoms with Gasteiger partial charge < -0.3 is 14.6 Å². The summed E-state index contributed by atoms with van der Waals surface area (Å²) in [5.74, 6) is -5.03. The summed E-state index contributed by atoms with van der Waals surface area (Å²) in [4.78, 5) is 39.8. The van der Waals surface area contributed by atoms with E-state index in [2.05, 4.69) is 20.8 Å². The third-order valence-electron chi connectivity index (χ3n) is 5.75. The van der Waals surface area contributed by atoms with Gasteiger partial charge in [-0.1, -0.05) is 45.0 Å². The Hall–Kier alpha value is -2.21. The van der Waals surface area contributed by atoms with Crippen LogP contribution in [0, 0.1) is 11.8 Å². The first-order valence-electron chi connectivity index (χ1n) is 11.5. The second kappa shape index (κ2) is 8.86. The quantitative estimate of drug-likeness (QED) is 0.519. The number of benzene rings is 1. The normalized spacial score (nSPS) is 26.6. The first-order valence-corrected chi connectivity index (χ1v) is 11.5. The van der Waals surface area contributed by atoms with Gasteiger partial charge in [0.1, 0.15) is 17.1 Å². The molecule has 0 heterocycles. The first kappa shape index (κ1) is 27.0. The lowest BCUT2D eigenvalue weighted by molar-refractivity contribution is -0.182. The molecular weight excluding hydrogens is 420 g/mol. The van der Waals surface area contributed by atoms with Crippen molar-refractivity contribution in [1.82, 2.24) is 0 Å². The van der Waals surface area contributed by atoms with Gasteiger partial charge in [0.2, 0.25) is 0 Å². The van der Waals surface area contributed by atoms with Crippen molar-refractivity contribution in [2.75, 3.05) is 0 Å². The van der Waals surface area contributed by atoms with Crippen molar-refractivity contribution in [3.05, 3.63) is 35.4 Å². The summed E-state index contributed by atoms with van der Waals surface area (Å²) in [6.07, 6.45) is -0.336. The van der Waals surface area contributed by atoms with E-state index in [1.54, 1.807) is 41.5 Å². The summed E-state index contributed by atoms with van der Waals surface area (Å²) >= 11 is 0. The molecular formula is C27H40O6. The minimum Gasteiger partial charge on any atom is -0.460 e. The van der Waals surface area contributed by atoms with Gasteiger partial charge in [-0.15, -0.1) is 0 Å². The zero-order valence-corrected chi connectivity index (χ0v) is 21.7. The Labute approximate surface area is 198 Å². The van der Waals surface area contributed by atoms with Crippen molar-refractivity contribution in [3.63, 3.8) is 0 Å². The molecule has 0 aliphatic heterocycles. The fourth-order valence-electron chi connectivity index (χ4n) is 4.35. The van der Waals surface area contributed by atoms with E-state index in [0.717, 1.165) is 5.56 Å². The van der Waals surface area contributed by atoms with Crippen LogP contribution < -0.4 is 0 Å². The Morgan fingerprint density at radius 1 is 0.879 bits per heavy atom. The van der Waals surface area contributed by atoms with E-state index in [1.807, 2.05) is 24.3 Å². The lowest BCUT2D eigenvalue weighted by Crippen LogP contribution is -2.56. The lowest BCUT2D eigenvalue weighted by Gasteiger charge is -2.44. The van der Waals surface area contributed by atoms with Gasteiger partial charge in [-0.2, -0.15) is 0 Å². The summed E-state index contributed by atoms with van der Waals surface area (Å²) < 4.78 is 11.2. The minimum atomic E-state index is -1.68. The molecule has 1 aromatic carbocycles. The van der Waals surface area contributed by atoms with Gasteiger partial charge in [-0.3, -0.25) is 14.4 Å². The van der Waals surface area contributed by atoms with Gasteiger partial charge in [0.15, 0.2) is 5.78 Å². The van der Waals surface area contributed by atoms with E-state index in [9.17, 15) is 19.5 Å². The van der Waals surface area contributed by atoms with Crippen LogP contribution >= 0.6 is 0 Å². The molecule has 0 radical (unpaired) electrons. The molecule has 1 saturated carbocycles. The van der Waals surface area contributed by atoms with Gasteiger partial charge in [-0.05, 0) is 65.0 Å². The Morgan fingerprint density at radius 3 is 1.76 bits per heavy atom. The van der Waals surface area contributed by atoms with Crippen LogP contribution in [0.15, 0.2) is 24.3 Å². The van der Waals surface area contributed by atoms with Crippen molar-refractivity contribution < 1.29 is 29.0 Å². The maximum Gasteiger partial charge on any atom is 0.317 e. The van der Waals surface area contributed by atoms with Crippen molar-refractivity contribution in [2.24, 2.45) is 11.8 Å². The van der Waals surface area contributed by atoms with Crippen LogP contribution in [0.5, 0.6) is 0 Å². The monoisotopic (exact) mass is 460 g/mol. The lowest BCUT2D eigenvalue weighted by atomic mass is 9.61. The standard InChI is InChI=1S/C27H40O6/c1-24(2,3)17-13-11-16(12-14-17)19-20(22(29)32-25(4,5)6)18(28)15-27(10,31)21(19)23(30)33-26(7,8)9/h11-14,19-21,31H,15H2,1-10H3/t19-,20+,21+,27-/m1/s1. The number of hydrogen-bond donors (Lipinski definition) is 1. The molecule has 1 fully saturated rings. The highest BCUT2D eigenvalue weighted by molar-refractivity contribution is 6.03. The average molecular weight is 461 g/mol. The third kappa shape index (κ3) is 6.66. The molecule has 6 heteroatoms. The Balaban J connectivity index is 2.66. The molecule has 1 N–H and O–H groups in total. The average Bonchev–Trinajstić information content (AvgIpc) is 2.56. The number of Topliss-reactive ketones (excluding diaryl/α,β-unsaturated/α-hetero) is 1. The molecule has 0 bridgehead atoms. The van der Waals surface area contributed by atoms with Crippen LogP contribution in [-0.4, -0.2) is 39.6 Å². The summed E-state index contributed by atoms with van der Waals surface area (Å²) in [5, 5.41) is 11.2. The number of aliphatic hydroxyl groups is 1. The number of esters is 2. The molecule has 0 saturated heterocycles. The van der Waals surface area contributed by atoms with E-state index < -0.39 is 52.3 Å². The largest absolute Gasteiger partial charge is 0.460 e. The van der Waals surface area contributed by atoms with E-state index in [1.165, 1.54) is 6.92 Å². The second-order valence-corrected chi connectivity index (χ2v) is 12.4. The van der Waals surface area contributed by atoms with Crippen LogP contribution in [0.25, 0.3) is 0 Å². The summed E-state index contributed by atoms with van der Waals surface area (Å²) in [7, 11) is 0. The highest BCUT2D eigenvalue weighted by Crippen LogP contribution is 2.47. The maximum absolute atomic E-state index is 13.4. The molecule has 0 unspecified atom stereocenters. The molecule has 0 amide bonds. The number of rotatable bonds is 3. The predicted octanol–water partition coefficient (Wildman–Crippen LogP) is 4.71. The van der Waals surface area contributed by atoms with Crippen LogP contribution in [0.4, 0.5) is 0 Å². The van der Waals surface area contributed by atoms with Crippen molar-refractivity contribution in [2.45, 2.75) is 104 Å². The molecule has 33 heavy (non-hydrogen) atoms. The van der Waals surface area contributed by atoms with E-state index >= 15 is 0 Å². The molecule has 1 aliphatic carbocycles. The predicted molar refractivity (Wildman–Crippen MR) is 127 cm³/mol. The van der Waals surface area contributed by atoms with Gasteiger partial charge in [0.05, 0.1) is 11.5 Å². The van der Waals surface area contributed by atoms with Gasteiger partial charge in [-0.25, -0.2) is 0 Å². The molecule has 4 atom stereocenters. The molecule has 1 aromatic rings. The van der Waals surface area contributed by atoms with E-state index in [4.69, 9.17) is 9.47 Å². The highest BCUT2D eigenvalue weighted by Gasteiger charge is 2.57. The summed E-state index contributed by atoms with van der Waals surface area (Å²) in [5.41, 5.74) is -1.69. The number of ether oxygens (including phenoxy) is 2. The smallest absolute Gasteiger partial charge is 0.317 e. The van der Waals surface area contributed by atoms with Crippen LogP contribution in [0.1, 0.15) is 92.7 Å². The van der Waals surface area contributed by atoms with E-state index in [0.29, 0.717) is 5.56 Å². The molecule has 0 spiro atoms. The Bertz CT molecular complexity index is 891. The molecule has 0 aromatic heterocycles. The van der Waals surface area contributed by atoms with Crippen molar-refractivity contribution in [3.8, 4) is 0 Å². The van der Waals surface area contributed by atoms with Crippen LogP contribution in [-0.2, 0) is 29.3 Å². The van der Waals surface area contributed by atoms with Gasteiger partial charge in [0.25, 0.3) is 0 Å². The topological polar surface area (TPSA) is 89.9 Å².